The van der Waals surface area contributed by atoms with Gasteiger partial charge in [-0.1, -0.05) is 24.3 Å². The predicted octanol–water partition coefficient (Wildman–Crippen LogP) is 4.35. The molecule has 1 nitrogen and oxygen atoms in total. The van der Waals surface area contributed by atoms with Crippen LogP contribution in [0.15, 0.2) is 34.8 Å². The molecule has 0 saturated heterocycles. The molecule has 0 aliphatic heterocycles. The van der Waals surface area contributed by atoms with E-state index in [0.29, 0.717) is 5.88 Å². The summed E-state index contributed by atoms with van der Waals surface area (Å²) in [6.45, 7) is 0. The monoisotopic (exact) mass is 284 g/mol. The molecule has 0 aromatic heterocycles. The highest BCUT2D eigenvalue weighted by Gasteiger charge is 2.11. The molecular weight excluding hydrogens is 275 g/mol. The van der Waals surface area contributed by atoms with Crippen molar-refractivity contribution in [3.8, 4) is 5.75 Å². The van der Waals surface area contributed by atoms with Gasteiger partial charge in [0.1, 0.15) is 5.75 Å². The molecule has 0 aliphatic rings. The number of alkyl halides is 1. The maximum atomic E-state index is 5.96. The van der Waals surface area contributed by atoms with Crippen LogP contribution in [0.5, 0.6) is 5.75 Å². The highest BCUT2D eigenvalue weighted by atomic mass is 79.9. The second-order valence-electron chi connectivity index (χ2n) is 3.22. The summed E-state index contributed by atoms with van der Waals surface area (Å²) in [7, 11) is 1.66. The van der Waals surface area contributed by atoms with E-state index in [-0.39, 0.29) is 0 Å². The number of ether oxygens (including phenoxy) is 1. The number of fused-ring (bicyclic) bond motifs is 1. The van der Waals surface area contributed by atoms with Crippen LogP contribution in [0.2, 0.25) is 0 Å². The first-order valence-electron chi connectivity index (χ1n) is 4.58. The maximum Gasteiger partial charge on any atom is 0.138 e. The first kappa shape index (κ1) is 10.8. The molecular formula is C12H10BrClO. The summed E-state index contributed by atoms with van der Waals surface area (Å²) in [5.74, 6) is 1.27. The maximum absolute atomic E-state index is 5.96. The van der Waals surface area contributed by atoms with Gasteiger partial charge in [0.15, 0.2) is 0 Å². The Morgan fingerprint density at radius 2 is 2.07 bits per heavy atom. The van der Waals surface area contributed by atoms with Gasteiger partial charge in [0.25, 0.3) is 0 Å². The van der Waals surface area contributed by atoms with Crippen molar-refractivity contribution < 1.29 is 4.74 Å². The molecule has 0 spiro atoms. The summed E-state index contributed by atoms with van der Waals surface area (Å²) >= 11 is 9.45. The van der Waals surface area contributed by atoms with Crippen molar-refractivity contribution in [2.75, 3.05) is 7.11 Å². The minimum absolute atomic E-state index is 0.448. The summed E-state index contributed by atoms with van der Waals surface area (Å²) in [6, 6.07) is 10.2. The molecule has 78 valence electrons. The molecule has 0 bridgehead atoms. The van der Waals surface area contributed by atoms with Crippen LogP contribution in [0.3, 0.4) is 0 Å². The molecule has 2 aromatic rings. The van der Waals surface area contributed by atoms with E-state index >= 15 is 0 Å². The fraction of sp³-hybridized carbons (Fsp3) is 0.167. The van der Waals surface area contributed by atoms with Crippen molar-refractivity contribution in [2.24, 2.45) is 0 Å². The first-order valence-corrected chi connectivity index (χ1v) is 5.90. The Morgan fingerprint density at radius 3 is 2.73 bits per heavy atom. The second kappa shape index (κ2) is 4.42. The minimum atomic E-state index is 0.448. The van der Waals surface area contributed by atoms with E-state index in [4.69, 9.17) is 16.3 Å². The van der Waals surface area contributed by atoms with Gasteiger partial charge < -0.3 is 4.74 Å². The van der Waals surface area contributed by atoms with Crippen LogP contribution < -0.4 is 4.74 Å². The normalized spacial score (nSPS) is 10.6. The molecule has 0 saturated carbocycles. The van der Waals surface area contributed by atoms with Crippen LogP contribution in [0.1, 0.15) is 5.56 Å². The molecule has 2 rings (SSSR count). The number of hydrogen-bond donors (Lipinski definition) is 0. The number of benzene rings is 2. The molecule has 0 heterocycles. The van der Waals surface area contributed by atoms with Crippen molar-refractivity contribution in [2.45, 2.75) is 5.88 Å². The zero-order valence-electron chi connectivity index (χ0n) is 8.26. The lowest BCUT2D eigenvalue weighted by Gasteiger charge is -2.11. The van der Waals surface area contributed by atoms with E-state index in [1.165, 1.54) is 5.39 Å². The van der Waals surface area contributed by atoms with Crippen LogP contribution in [-0.4, -0.2) is 7.11 Å². The van der Waals surface area contributed by atoms with E-state index in [9.17, 15) is 0 Å². The Bertz CT molecular complexity index is 496. The molecule has 2 aromatic carbocycles. The summed E-state index contributed by atoms with van der Waals surface area (Å²) in [5, 5.41) is 2.31. The van der Waals surface area contributed by atoms with Gasteiger partial charge in [0.2, 0.25) is 0 Å². The molecule has 0 N–H and O–H groups in total. The average Bonchev–Trinajstić information content (AvgIpc) is 2.27. The van der Waals surface area contributed by atoms with Gasteiger partial charge in [-0.15, -0.1) is 11.6 Å². The highest BCUT2D eigenvalue weighted by molar-refractivity contribution is 9.10. The Hall–Kier alpha value is -0.730. The van der Waals surface area contributed by atoms with Crippen molar-refractivity contribution in [3.63, 3.8) is 0 Å². The molecule has 0 amide bonds. The SMILES string of the molecule is COc1c(Br)cc2ccccc2c1CCl. The van der Waals surface area contributed by atoms with E-state index in [1.807, 2.05) is 18.2 Å². The Labute approximate surface area is 102 Å². The van der Waals surface area contributed by atoms with Gasteiger partial charge in [-0.25, -0.2) is 0 Å². The third-order valence-electron chi connectivity index (χ3n) is 2.40. The number of hydrogen-bond acceptors (Lipinski definition) is 1. The first-order chi connectivity index (χ1) is 7.27. The van der Waals surface area contributed by atoms with Crippen LogP contribution in [0.4, 0.5) is 0 Å². The molecule has 0 atom stereocenters. The van der Waals surface area contributed by atoms with Crippen molar-refractivity contribution >= 4 is 38.3 Å². The molecule has 0 radical (unpaired) electrons. The highest BCUT2D eigenvalue weighted by Crippen LogP contribution is 2.36. The van der Waals surface area contributed by atoms with Crippen molar-refractivity contribution in [3.05, 3.63) is 40.4 Å². The van der Waals surface area contributed by atoms with Gasteiger partial charge >= 0.3 is 0 Å². The average molecular weight is 286 g/mol. The Balaban J connectivity index is 2.84. The van der Waals surface area contributed by atoms with Gasteiger partial charge in [-0.05, 0) is 32.8 Å². The summed E-state index contributed by atoms with van der Waals surface area (Å²) in [6.07, 6.45) is 0. The number of methoxy groups -OCH3 is 1. The predicted molar refractivity (Wildman–Crippen MR) is 67.8 cm³/mol. The summed E-state index contributed by atoms with van der Waals surface area (Å²) in [4.78, 5) is 0. The van der Waals surface area contributed by atoms with Gasteiger partial charge in [-0.2, -0.15) is 0 Å². The summed E-state index contributed by atoms with van der Waals surface area (Å²) in [5.41, 5.74) is 1.03. The Morgan fingerprint density at radius 1 is 1.33 bits per heavy atom. The Kier molecular flexibility index (Phi) is 3.17. The fourth-order valence-corrected chi connectivity index (χ4v) is 2.63. The van der Waals surface area contributed by atoms with Gasteiger partial charge in [0, 0.05) is 5.56 Å². The van der Waals surface area contributed by atoms with Crippen molar-refractivity contribution in [1.29, 1.82) is 0 Å². The van der Waals surface area contributed by atoms with Crippen molar-refractivity contribution in [1.82, 2.24) is 0 Å². The van der Waals surface area contributed by atoms with Crippen LogP contribution >= 0.6 is 27.5 Å². The van der Waals surface area contributed by atoms with Gasteiger partial charge in [0.05, 0.1) is 17.5 Å². The molecule has 3 heteroatoms. The molecule has 0 unspecified atom stereocenters. The number of rotatable bonds is 2. The molecule has 0 fully saturated rings. The largest absolute Gasteiger partial charge is 0.495 e. The van der Waals surface area contributed by atoms with Crippen LogP contribution in [0, 0.1) is 0 Å². The minimum Gasteiger partial charge on any atom is -0.495 e. The van der Waals surface area contributed by atoms with Crippen LogP contribution in [-0.2, 0) is 5.88 Å². The molecule has 15 heavy (non-hydrogen) atoms. The second-order valence-corrected chi connectivity index (χ2v) is 4.35. The van der Waals surface area contributed by atoms with E-state index < -0.39 is 0 Å². The fourth-order valence-electron chi connectivity index (χ4n) is 1.72. The van der Waals surface area contributed by atoms with E-state index in [2.05, 4.69) is 28.1 Å². The third-order valence-corrected chi connectivity index (χ3v) is 3.25. The zero-order valence-corrected chi connectivity index (χ0v) is 10.6. The lowest BCUT2D eigenvalue weighted by Crippen LogP contribution is -1.92. The van der Waals surface area contributed by atoms with Crippen LogP contribution in [0.25, 0.3) is 10.8 Å². The van der Waals surface area contributed by atoms with E-state index in [1.54, 1.807) is 7.11 Å². The lowest BCUT2D eigenvalue weighted by molar-refractivity contribution is 0.409. The van der Waals surface area contributed by atoms with Gasteiger partial charge in [-0.3, -0.25) is 0 Å². The van der Waals surface area contributed by atoms with E-state index in [0.717, 1.165) is 21.2 Å². The summed E-state index contributed by atoms with van der Waals surface area (Å²) < 4.78 is 6.29. The lowest BCUT2D eigenvalue weighted by atomic mass is 10.0. The zero-order chi connectivity index (χ0) is 10.8. The third kappa shape index (κ3) is 1.84. The molecule has 0 aliphatic carbocycles. The standard InChI is InChI=1S/C12H10BrClO/c1-15-12-10(7-14)9-5-3-2-4-8(9)6-11(12)13/h2-6H,7H2,1H3. The quantitative estimate of drug-likeness (QED) is 0.745. The topological polar surface area (TPSA) is 9.23 Å². The smallest absolute Gasteiger partial charge is 0.138 e. The number of halogens is 2.